The summed E-state index contributed by atoms with van der Waals surface area (Å²) < 4.78 is 28.7. The molecule has 8 rings (SSSR count). The van der Waals surface area contributed by atoms with Gasteiger partial charge in [-0.2, -0.15) is 0 Å². The molecule has 4 aromatic carbocycles. The van der Waals surface area contributed by atoms with Crippen molar-refractivity contribution in [3.8, 4) is 34.4 Å². The lowest BCUT2D eigenvalue weighted by Crippen LogP contribution is -2.29. The van der Waals surface area contributed by atoms with Gasteiger partial charge in [-0.1, -0.05) is 80.9 Å². The van der Waals surface area contributed by atoms with Crippen LogP contribution in [0.3, 0.4) is 0 Å². The second-order valence-corrected chi connectivity index (χ2v) is 18.5. The van der Waals surface area contributed by atoms with Gasteiger partial charge in [-0.15, -0.1) is 0 Å². The summed E-state index contributed by atoms with van der Waals surface area (Å²) in [5, 5.41) is 9.75. The third-order valence-corrected chi connectivity index (χ3v) is 13.2. The fourth-order valence-electron chi connectivity index (χ4n) is 9.18. The smallest absolute Gasteiger partial charge is 0.308 e. The minimum atomic E-state index is -0.820. The van der Waals surface area contributed by atoms with Gasteiger partial charge in [0, 0.05) is 30.6 Å². The Morgan fingerprint density at radius 1 is 0.691 bits per heavy atom. The first-order chi connectivity index (χ1) is 32.9. The molecule has 2 aromatic heterocycles. The molecule has 0 radical (unpaired) electrons. The molecule has 0 bridgehead atoms. The summed E-state index contributed by atoms with van der Waals surface area (Å²) >= 11 is 0. The van der Waals surface area contributed by atoms with Crippen LogP contribution < -0.4 is 9.47 Å². The van der Waals surface area contributed by atoms with Crippen LogP contribution in [0, 0.1) is 43.4 Å². The zero-order chi connectivity index (χ0) is 48.0. The van der Waals surface area contributed by atoms with E-state index in [2.05, 4.69) is 35.9 Å². The molecule has 1 amide bonds. The number of amides is 1. The number of rotatable bonds is 19. The van der Waals surface area contributed by atoms with E-state index < -0.39 is 11.9 Å². The highest BCUT2D eigenvalue weighted by molar-refractivity contribution is 5.79. The van der Waals surface area contributed by atoms with E-state index in [1.54, 1.807) is 4.90 Å². The number of hydrogen-bond donors (Lipinski definition) is 1. The number of hydrogen-bond acceptors (Lipinski definition) is 10. The van der Waals surface area contributed by atoms with Crippen LogP contribution in [0.2, 0.25) is 0 Å². The topological polar surface area (TPSA) is 154 Å². The van der Waals surface area contributed by atoms with Crippen LogP contribution in [0.4, 0.5) is 0 Å². The Morgan fingerprint density at radius 3 is 1.72 bits per heavy atom. The van der Waals surface area contributed by atoms with Gasteiger partial charge in [0.15, 0.2) is 0 Å². The van der Waals surface area contributed by atoms with E-state index in [-0.39, 0.29) is 23.7 Å². The first kappa shape index (κ1) is 49.2. The number of carboxylic acid groups (broad SMARTS) is 1. The van der Waals surface area contributed by atoms with E-state index in [0.717, 1.165) is 96.0 Å². The normalized spacial score (nSPS) is 17.7. The molecule has 0 spiro atoms. The molecule has 2 aliphatic rings. The van der Waals surface area contributed by atoms with Crippen molar-refractivity contribution in [1.82, 2.24) is 14.9 Å². The van der Waals surface area contributed by atoms with E-state index >= 15 is 0 Å². The average Bonchev–Trinajstić information content (AvgIpc) is 4.18. The van der Waals surface area contributed by atoms with Gasteiger partial charge in [-0.05, 0) is 136 Å². The summed E-state index contributed by atoms with van der Waals surface area (Å²) in [4.78, 5) is 47.4. The highest BCUT2D eigenvalue weighted by atomic mass is 16.5. The van der Waals surface area contributed by atoms with Gasteiger partial charge in [0.1, 0.15) is 47.6 Å². The number of aryl methyl sites for hydroxylation is 4. The third kappa shape index (κ3) is 13.5. The molecular formula is C56H65N3O9. The first-order valence-corrected chi connectivity index (χ1v) is 24.0. The number of aromatic nitrogens is 2. The van der Waals surface area contributed by atoms with Gasteiger partial charge >= 0.3 is 11.9 Å². The minimum absolute atomic E-state index is 0.0541. The molecule has 12 nitrogen and oxygen atoms in total. The molecule has 1 aliphatic heterocycles. The number of nitrogens with zero attached hydrogens (tertiary/aromatic N) is 3. The molecule has 12 heteroatoms. The SMILES string of the molecule is COC(=O)[C@H]1CCC[C@H]1CCc1cccc(OCc2nc(-c3ccccc3)oc2C)c1.Cc1oc(-c2ccccc2)nc1COc1cccc(CC[C@@H]2CN(C(=O)CCC(C)C)C[C@@H]2C(=O)O)c1. The molecule has 3 heterocycles. The summed E-state index contributed by atoms with van der Waals surface area (Å²) in [6, 6.07) is 35.7. The van der Waals surface area contributed by atoms with Crippen LogP contribution >= 0.6 is 0 Å². The number of carboxylic acids is 1. The lowest BCUT2D eigenvalue weighted by Gasteiger charge is -2.17. The van der Waals surface area contributed by atoms with Gasteiger partial charge in [0.05, 0.1) is 18.9 Å². The number of benzene rings is 4. The Hall–Kier alpha value is -6.69. The predicted octanol–water partition coefficient (Wildman–Crippen LogP) is 11.5. The highest BCUT2D eigenvalue weighted by Gasteiger charge is 2.39. The second kappa shape index (κ2) is 23.9. The molecule has 6 aromatic rings. The van der Waals surface area contributed by atoms with Crippen LogP contribution in [0.5, 0.6) is 11.5 Å². The van der Waals surface area contributed by atoms with Crippen molar-refractivity contribution < 1.29 is 42.5 Å². The zero-order valence-corrected chi connectivity index (χ0v) is 40.0. The maximum absolute atomic E-state index is 12.6. The number of aliphatic carboxylic acids is 1. The zero-order valence-electron chi connectivity index (χ0n) is 40.0. The molecule has 1 aliphatic carbocycles. The van der Waals surface area contributed by atoms with Gasteiger partial charge in [-0.25, -0.2) is 9.97 Å². The number of methoxy groups -OCH3 is 1. The van der Waals surface area contributed by atoms with Crippen molar-refractivity contribution in [2.45, 2.75) is 98.7 Å². The summed E-state index contributed by atoms with van der Waals surface area (Å²) in [6.45, 7) is 9.45. The van der Waals surface area contributed by atoms with E-state index in [4.69, 9.17) is 23.0 Å². The van der Waals surface area contributed by atoms with Crippen LogP contribution in [-0.4, -0.2) is 58.0 Å². The Morgan fingerprint density at radius 2 is 1.22 bits per heavy atom. The van der Waals surface area contributed by atoms with E-state index in [9.17, 15) is 19.5 Å². The van der Waals surface area contributed by atoms with Gasteiger partial charge in [0.25, 0.3) is 0 Å². The number of ether oxygens (including phenoxy) is 3. The van der Waals surface area contributed by atoms with E-state index in [0.29, 0.717) is 62.8 Å². The molecule has 68 heavy (non-hydrogen) atoms. The predicted molar refractivity (Wildman–Crippen MR) is 260 cm³/mol. The first-order valence-electron chi connectivity index (χ1n) is 24.0. The van der Waals surface area contributed by atoms with Crippen LogP contribution in [0.25, 0.3) is 22.9 Å². The molecule has 0 unspecified atom stereocenters. The number of esters is 1. The van der Waals surface area contributed by atoms with Crippen LogP contribution in [0.15, 0.2) is 118 Å². The molecule has 358 valence electrons. The summed E-state index contributed by atoms with van der Waals surface area (Å²) in [6.07, 6.45) is 7.81. The molecule has 1 N–H and O–H groups in total. The number of oxazole rings is 2. The average molecular weight is 924 g/mol. The van der Waals surface area contributed by atoms with Gasteiger partial charge < -0.3 is 33.1 Å². The Kier molecular flexibility index (Phi) is 17.3. The quantitative estimate of drug-likeness (QED) is 0.0772. The lowest BCUT2D eigenvalue weighted by molar-refractivity contribution is -0.147. The summed E-state index contributed by atoms with van der Waals surface area (Å²) in [7, 11) is 1.48. The largest absolute Gasteiger partial charge is 0.487 e. The lowest BCUT2D eigenvalue weighted by atomic mass is 9.90. The molecule has 4 atom stereocenters. The fraction of sp³-hybridized carbons (Fsp3) is 0.411. The highest BCUT2D eigenvalue weighted by Crippen LogP contribution is 2.36. The fourth-order valence-corrected chi connectivity index (χ4v) is 9.18. The van der Waals surface area contributed by atoms with E-state index in [1.807, 2.05) is 111 Å². The maximum Gasteiger partial charge on any atom is 0.308 e. The standard InChI is InChI=1S/C30H36N2O5.C26H29NO4/c1-20(2)12-15-28(33)32-17-24(26(18-32)30(34)35)14-13-22-8-7-11-25(16-22)36-19-27-21(3)37-29(31-27)23-9-5-4-6-10-23;1-18-24(27-25(31-18)21-9-4-3-5-10-21)17-30-22-12-6-8-19(16-22)14-15-20-11-7-13-23(20)26(28)29-2/h4-11,16,20,24,26H,12-15,17-19H2,1-3H3,(H,34,35);3-6,8-10,12,16,20,23H,7,11,13-15,17H2,1-2H3/t24-,26+;20-,23-/m10/s1. The van der Waals surface area contributed by atoms with Crippen LogP contribution in [-0.2, 0) is 45.2 Å². The number of carbonyl (C=O) groups is 3. The van der Waals surface area contributed by atoms with Crippen molar-refractivity contribution in [3.05, 3.63) is 143 Å². The van der Waals surface area contributed by atoms with Crippen molar-refractivity contribution >= 4 is 17.8 Å². The van der Waals surface area contributed by atoms with Crippen molar-refractivity contribution in [2.24, 2.45) is 29.6 Å². The Balaban J connectivity index is 0.000000204. The number of carbonyl (C=O) groups excluding carboxylic acids is 2. The molecule has 1 saturated carbocycles. The van der Waals surface area contributed by atoms with Crippen molar-refractivity contribution in [3.63, 3.8) is 0 Å². The van der Waals surface area contributed by atoms with Gasteiger partial charge in [-0.3, -0.25) is 14.4 Å². The van der Waals surface area contributed by atoms with Crippen molar-refractivity contribution in [1.29, 1.82) is 0 Å². The van der Waals surface area contributed by atoms with Crippen LogP contribution in [0.1, 0.15) is 92.8 Å². The Bertz CT molecular complexity index is 2570. The molecule has 1 saturated heterocycles. The molecule has 2 fully saturated rings. The molecular weight excluding hydrogens is 859 g/mol. The third-order valence-electron chi connectivity index (χ3n) is 13.2. The summed E-state index contributed by atoms with van der Waals surface area (Å²) in [5.41, 5.74) is 5.72. The van der Waals surface area contributed by atoms with Crippen molar-refractivity contribution in [2.75, 3.05) is 20.2 Å². The number of likely N-dealkylation sites (tertiary alicyclic amines) is 1. The van der Waals surface area contributed by atoms with Gasteiger partial charge in [0.2, 0.25) is 17.7 Å². The monoisotopic (exact) mass is 923 g/mol. The minimum Gasteiger partial charge on any atom is -0.487 e. The summed E-state index contributed by atoms with van der Waals surface area (Å²) in [5.74, 6) is 3.76. The second-order valence-electron chi connectivity index (χ2n) is 18.5. The van der Waals surface area contributed by atoms with E-state index in [1.165, 1.54) is 12.7 Å². The maximum atomic E-state index is 12.6. The Labute approximate surface area is 400 Å².